The largest absolute Gasteiger partial charge is 0.370 e. The summed E-state index contributed by atoms with van der Waals surface area (Å²) >= 11 is 0. The summed E-state index contributed by atoms with van der Waals surface area (Å²) in [5, 5.41) is 2.16. The van der Waals surface area contributed by atoms with E-state index in [1.54, 1.807) is 0 Å². The molecular formula is C15H20N4. The Morgan fingerprint density at radius 1 is 1.21 bits per heavy atom. The lowest BCUT2D eigenvalue weighted by Gasteiger charge is -2.18. The third kappa shape index (κ3) is 2.72. The zero-order chi connectivity index (χ0) is 13.1. The Bertz CT molecular complexity index is 492. The number of hydrogen-bond acceptors (Lipinski definition) is 4. The molecule has 19 heavy (non-hydrogen) atoms. The smallest absolute Gasteiger partial charge is 0.165 e. The lowest BCUT2D eigenvalue weighted by atomic mass is 10.2. The molecular weight excluding hydrogens is 236 g/mol. The molecule has 0 spiro atoms. The summed E-state index contributed by atoms with van der Waals surface area (Å²) in [4.78, 5) is 6.99. The lowest BCUT2D eigenvalue weighted by molar-refractivity contribution is 0.315. The predicted molar refractivity (Wildman–Crippen MR) is 77.1 cm³/mol. The molecule has 0 saturated heterocycles. The molecule has 0 fully saturated rings. The van der Waals surface area contributed by atoms with Crippen molar-refractivity contribution in [2.75, 3.05) is 13.1 Å². The molecule has 2 aliphatic rings. The van der Waals surface area contributed by atoms with Gasteiger partial charge in [-0.05, 0) is 12.0 Å². The monoisotopic (exact) mass is 256 g/mol. The van der Waals surface area contributed by atoms with E-state index in [2.05, 4.69) is 63.8 Å². The van der Waals surface area contributed by atoms with Crippen molar-refractivity contribution < 1.29 is 0 Å². The molecule has 2 heterocycles. The van der Waals surface area contributed by atoms with Crippen LogP contribution in [-0.2, 0) is 6.54 Å². The number of aliphatic imine (C=N–C) groups is 1. The predicted octanol–water partition coefficient (Wildman–Crippen LogP) is 2.32. The normalized spacial score (nSPS) is 18.4. The Labute approximate surface area is 114 Å². The van der Waals surface area contributed by atoms with E-state index in [-0.39, 0.29) is 0 Å². The Morgan fingerprint density at radius 3 is 2.84 bits per heavy atom. The van der Waals surface area contributed by atoms with E-state index < -0.39 is 0 Å². The highest BCUT2D eigenvalue weighted by molar-refractivity contribution is 5.84. The zero-order valence-electron chi connectivity index (χ0n) is 11.3. The Kier molecular flexibility index (Phi) is 3.40. The van der Waals surface area contributed by atoms with Gasteiger partial charge in [-0.25, -0.2) is 4.99 Å². The van der Waals surface area contributed by atoms with Crippen molar-refractivity contribution >= 4 is 5.84 Å². The van der Waals surface area contributed by atoms with Crippen LogP contribution in [-0.4, -0.2) is 28.8 Å². The molecule has 0 amide bonds. The topological polar surface area (TPSA) is 30.9 Å². The fourth-order valence-corrected chi connectivity index (χ4v) is 2.47. The molecule has 0 unspecified atom stereocenters. The van der Waals surface area contributed by atoms with Gasteiger partial charge in [0.15, 0.2) is 5.82 Å². The summed E-state index contributed by atoms with van der Waals surface area (Å²) in [7, 11) is 0. The second-order valence-corrected chi connectivity index (χ2v) is 4.97. The van der Waals surface area contributed by atoms with E-state index in [9.17, 15) is 0 Å². The molecule has 1 N–H and O–H groups in total. The highest BCUT2D eigenvalue weighted by atomic mass is 15.6. The van der Waals surface area contributed by atoms with E-state index in [0.717, 1.165) is 44.1 Å². The van der Waals surface area contributed by atoms with Crippen molar-refractivity contribution in [1.82, 2.24) is 15.3 Å². The molecule has 100 valence electrons. The van der Waals surface area contributed by atoms with Gasteiger partial charge in [0.2, 0.25) is 0 Å². The maximum absolute atomic E-state index is 4.63. The van der Waals surface area contributed by atoms with Crippen molar-refractivity contribution in [3.05, 3.63) is 47.9 Å². The highest BCUT2D eigenvalue weighted by Crippen LogP contribution is 2.18. The molecule has 1 aromatic rings. The van der Waals surface area contributed by atoms with Gasteiger partial charge in [-0.15, -0.1) is 0 Å². The maximum Gasteiger partial charge on any atom is 0.165 e. The summed E-state index contributed by atoms with van der Waals surface area (Å²) in [6.45, 7) is 5.17. The zero-order valence-corrected chi connectivity index (χ0v) is 11.3. The Morgan fingerprint density at radius 2 is 2.05 bits per heavy atom. The summed E-state index contributed by atoms with van der Waals surface area (Å²) in [5.74, 6) is 2.11. The third-order valence-corrected chi connectivity index (χ3v) is 3.48. The molecule has 0 radical (unpaired) electrons. The van der Waals surface area contributed by atoms with Crippen molar-refractivity contribution in [2.45, 2.75) is 26.3 Å². The fraction of sp³-hybridized carbons (Fsp3) is 0.400. The van der Waals surface area contributed by atoms with Gasteiger partial charge in [-0.3, -0.25) is 10.4 Å². The molecule has 0 aliphatic carbocycles. The van der Waals surface area contributed by atoms with Crippen LogP contribution in [0.25, 0.3) is 0 Å². The van der Waals surface area contributed by atoms with Crippen LogP contribution < -0.4 is 5.43 Å². The van der Waals surface area contributed by atoms with Gasteiger partial charge in [0.25, 0.3) is 0 Å². The molecule has 0 atom stereocenters. The molecule has 0 saturated carbocycles. The first-order chi connectivity index (χ1) is 9.35. The first kappa shape index (κ1) is 12.1. The summed E-state index contributed by atoms with van der Waals surface area (Å²) in [6.07, 6.45) is 4.27. The minimum absolute atomic E-state index is 0.951. The number of hydrogen-bond donors (Lipinski definition) is 1. The van der Waals surface area contributed by atoms with Crippen LogP contribution in [0.5, 0.6) is 0 Å². The number of fused-ring (bicyclic) bond motifs is 1. The van der Waals surface area contributed by atoms with Crippen LogP contribution in [0.2, 0.25) is 0 Å². The minimum atomic E-state index is 0.951. The van der Waals surface area contributed by atoms with Gasteiger partial charge in [0.05, 0.1) is 0 Å². The molecule has 1 aromatic carbocycles. The van der Waals surface area contributed by atoms with E-state index >= 15 is 0 Å². The van der Waals surface area contributed by atoms with Crippen LogP contribution in [0.15, 0.2) is 47.3 Å². The third-order valence-electron chi connectivity index (χ3n) is 3.48. The van der Waals surface area contributed by atoms with Gasteiger partial charge in [-0.1, -0.05) is 37.3 Å². The van der Waals surface area contributed by atoms with Crippen molar-refractivity contribution in [3.8, 4) is 0 Å². The van der Waals surface area contributed by atoms with Gasteiger partial charge in [0, 0.05) is 32.3 Å². The van der Waals surface area contributed by atoms with E-state index in [0.29, 0.717) is 0 Å². The Hall–Kier alpha value is -1.97. The van der Waals surface area contributed by atoms with Gasteiger partial charge < -0.3 is 4.90 Å². The maximum atomic E-state index is 4.63. The SMILES string of the molecule is CCC1=NC2=CN(Cc3ccccc3)CCCN2N1. The number of rotatable bonds is 3. The van der Waals surface area contributed by atoms with Gasteiger partial charge in [0.1, 0.15) is 5.84 Å². The number of benzene rings is 1. The number of amidine groups is 1. The molecule has 4 heteroatoms. The van der Waals surface area contributed by atoms with E-state index in [1.165, 1.54) is 5.56 Å². The standard InChI is InChI=1S/C15H20N4/c1-2-14-16-15-12-18(9-6-10-19(15)17-14)11-13-7-4-3-5-8-13/h3-5,7-8,12H,2,6,9-11H2,1H3,(H,16,17). The second kappa shape index (κ2) is 5.34. The molecule has 0 aromatic heterocycles. The lowest BCUT2D eigenvalue weighted by Crippen LogP contribution is -2.35. The van der Waals surface area contributed by atoms with Crippen LogP contribution in [0.1, 0.15) is 25.3 Å². The molecule has 4 nitrogen and oxygen atoms in total. The first-order valence-corrected chi connectivity index (χ1v) is 6.96. The van der Waals surface area contributed by atoms with Gasteiger partial charge >= 0.3 is 0 Å². The van der Waals surface area contributed by atoms with Gasteiger partial charge in [-0.2, -0.15) is 0 Å². The molecule has 2 aliphatic heterocycles. The quantitative estimate of drug-likeness (QED) is 0.900. The minimum Gasteiger partial charge on any atom is -0.370 e. The van der Waals surface area contributed by atoms with Crippen LogP contribution in [0, 0.1) is 0 Å². The highest BCUT2D eigenvalue weighted by Gasteiger charge is 2.21. The fourth-order valence-electron chi connectivity index (χ4n) is 2.47. The average molecular weight is 256 g/mol. The summed E-state index contributed by atoms with van der Waals surface area (Å²) < 4.78 is 0. The number of nitrogens with zero attached hydrogens (tertiary/aromatic N) is 3. The van der Waals surface area contributed by atoms with Crippen LogP contribution >= 0.6 is 0 Å². The molecule has 0 bridgehead atoms. The van der Waals surface area contributed by atoms with E-state index in [4.69, 9.17) is 0 Å². The van der Waals surface area contributed by atoms with E-state index in [1.807, 2.05) is 0 Å². The second-order valence-electron chi connectivity index (χ2n) is 4.97. The average Bonchev–Trinajstić information content (AvgIpc) is 2.73. The summed E-state index contributed by atoms with van der Waals surface area (Å²) in [5.41, 5.74) is 4.70. The number of nitrogens with one attached hydrogen (secondary N) is 1. The molecule has 3 rings (SSSR count). The van der Waals surface area contributed by atoms with Crippen molar-refractivity contribution in [1.29, 1.82) is 0 Å². The van der Waals surface area contributed by atoms with Crippen LogP contribution in [0.4, 0.5) is 0 Å². The number of hydrazine groups is 1. The van der Waals surface area contributed by atoms with Crippen LogP contribution in [0.3, 0.4) is 0 Å². The van der Waals surface area contributed by atoms with Crippen molar-refractivity contribution in [3.63, 3.8) is 0 Å². The van der Waals surface area contributed by atoms with Crippen molar-refractivity contribution in [2.24, 2.45) is 4.99 Å². The first-order valence-electron chi connectivity index (χ1n) is 6.96. The Balaban J connectivity index is 1.76. The summed E-state index contributed by atoms with van der Waals surface area (Å²) in [6, 6.07) is 10.6.